The second-order valence-electron chi connectivity index (χ2n) is 2.92. The van der Waals surface area contributed by atoms with Crippen molar-refractivity contribution in [3.05, 3.63) is 35.9 Å². The lowest BCUT2D eigenvalue weighted by molar-refractivity contribution is -0.116. The van der Waals surface area contributed by atoms with Crippen LogP contribution in [0.25, 0.3) is 0 Å². The molecular weight excluding hydrogens is 276 g/mol. The lowest BCUT2D eigenvalue weighted by Crippen LogP contribution is -2.02. The Balaban J connectivity index is 2.34. The average molecular weight is 287 g/mol. The van der Waals surface area contributed by atoms with E-state index in [-0.39, 0.29) is 10.9 Å². The van der Waals surface area contributed by atoms with E-state index in [0.717, 1.165) is 0 Å². The van der Waals surface area contributed by atoms with E-state index >= 15 is 0 Å². The van der Waals surface area contributed by atoms with E-state index in [9.17, 15) is 9.59 Å². The highest BCUT2D eigenvalue weighted by atomic mass is 79.9. The van der Waals surface area contributed by atoms with Gasteiger partial charge in [-0.05, 0) is 0 Å². The van der Waals surface area contributed by atoms with Crippen LogP contribution in [0.1, 0.15) is 16.8 Å². The minimum atomic E-state index is 0.0259. The number of ketones is 1. The van der Waals surface area contributed by atoms with Crippen LogP contribution in [0.15, 0.2) is 30.3 Å². The molecule has 0 atom stereocenters. The molecule has 0 amide bonds. The molecule has 80 valence electrons. The smallest absolute Gasteiger partial charge is 0.219 e. The quantitative estimate of drug-likeness (QED) is 0.781. The molecule has 1 aromatic rings. The number of alkyl halides is 1. The number of hydrogen-bond acceptors (Lipinski definition) is 3. The number of hydrogen-bond donors (Lipinski definition) is 0. The van der Waals surface area contributed by atoms with E-state index < -0.39 is 0 Å². The Hall–Kier alpha value is -0.610. The lowest BCUT2D eigenvalue weighted by Gasteiger charge is -1.99. The zero-order chi connectivity index (χ0) is 11.1. The monoisotopic (exact) mass is 286 g/mol. The Morgan fingerprint density at radius 1 is 1.20 bits per heavy atom. The van der Waals surface area contributed by atoms with Crippen LogP contribution in [0.3, 0.4) is 0 Å². The van der Waals surface area contributed by atoms with Crippen LogP contribution in [-0.2, 0) is 4.79 Å². The van der Waals surface area contributed by atoms with Crippen LogP contribution in [-0.4, -0.2) is 22.0 Å². The Labute approximate surface area is 102 Å². The summed E-state index contributed by atoms with van der Waals surface area (Å²) < 4.78 is 0. The van der Waals surface area contributed by atoms with E-state index in [4.69, 9.17) is 0 Å². The summed E-state index contributed by atoms with van der Waals surface area (Å²) in [5.74, 6) is 0.682. The molecule has 2 nitrogen and oxygen atoms in total. The summed E-state index contributed by atoms with van der Waals surface area (Å²) in [7, 11) is 0. The number of benzene rings is 1. The number of Topliss-reactive ketones (excluding diaryl/α,β-unsaturated/α-hetero) is 1. The van der Waals surface area contributed by atoms with Crippen LogP contribution in [0.2, 0.25) is 0 Å². The Morgan fingerprint density at radius 3 is 2.47 bits per heavy atom. The van der Waals surface area contributed by atoms with Gasteiger partial charge in [-0.25, -0.2) is 0 Å². The van der Waals surface area contributed by atoms with Gasteiger partial charge in [-0.2, -0.15) is 0 Å². The second-order valence-corrected chi connectivity index (χ2v) is 4.55. The third-order valence-electron chi connectivity index (χ3n) is 1.77. The molecule has 0 aliphatic carbocycles. The second kappa shape index (κ2) is 6.80. The Bertz CT molecular complexity index is 338. The molecule has 4 heteroatoms. The van der Waals surface area contributed by atoms with Gasteiger partial charge in [0.25, 0.3) is 0 Å². The van der Waals surface area contributed by atoms with Crippen LogP contribution in [0.4, 0.5) is 0 Å². The van der Waals surface area contributed by atoms with E-state index in [1.807, 2.05) is 18.2 Å². The lowest BCUT2D eigenvalue weighted by atomic mass is 10.2. The summed E-state index contributed by atoms with van der Waals surface area (Å²) in [4.78, 5) is 22.5. The number of rotatable bonds is 5. The molecule has 0 aliphatic heterocycles. The highest BCUT2D eigenvalue weighted by Crippen LogP contribution is 2.13. The molecule has 0 bridgehead atoms. The molecule has 0 saturated heterocycles. The maximum atomic E-state index is 11.6. The summed E-state index contributed by atoms with van der Waals surface area (Å²) in [5, 5.41) is 0.394. The minimum absolute atomic E-state index is 0.0259. The molecule has 0 fully saturated rings. The molecule has 0 N–H and O–H groups in total. The number of carbonyl (C=O) groups excluding carboxylic acids is 2. The first kappa shape index (κ1) is 12.5. The van der Waals surface area contributed by atoms with Crippen molar-refractivity contribution in [2.75, 3.05) is 11.1 Å². The molecule has 0 saturated carbocycles. The molecule has 0 aliphatic rings. The molecule has 0 radical (unpaired) electrons. The van der Waals surface area contributed by atoms with Gasteiger partial charge < -0.3 is 0 Å². The van der Waals surface area contributed by atoms with Gasteiger partial charge >= 0.3 is 0 Å². The van der Waals surface area contributed by atoms with Gasteiger partial charge in [0, 0.05) is 17.7 Å². The highest BCUT2D eigenvalue weighted by Gasteiger charge is 2.06. The maximum Gasteiger partial charge on any atom is 0.219 e. The van der Waals surface area contributed by atoms with Crippen molar-refractivity contribution in [1.82, 2.24) is 0 Å². The SMILES string of the molecule is O=C(CBr)CCSC(=O)c1ccccc1. The van der Waals surface area contributed by atoms with Crippen LogP contribution in [0.5, 0.6) is 0 Å². The zero-order valence-corrected chi connectivity index (χ0v) is 10.5. The van der Waals surface area contributed by atoms with Crippen molar-refractivity contribution in [3.63, 3.8) is 0 Å². The largest absolute Gasteiger partial charge is 0.299 e. The molecule has 0 unspecified atom stereocenters. The van der Waals surface area contributed by atoms with Crippen molar-refractivity contribution in [2.24, 2.45) is 0 Å². The zero-order valence-electron chi connectivity index (χ0n) is 8.11. The van der Waals surface area contributed by atoms with Crippen molar-refractivity contribution in [3.8, 4) is 0 Å². The molecule has 0 spiro atoms. The molecule has 0 aromatic heterocycles. The third kappa shape index (κ3) is 4.62. The van der Waals surface area contributed by atoms with E-state index in [1.165, 1.54) is 11.8 Å². The van der Waals surface area contributed by atoms with Crippen molar-refractivity contribution in [1.29, 1.82) is 0 Å². The number of halogens is 1. The fourth-order valence-corrected chi connectivity index (χ4v) is 2.08. The van der Waals surface area contributed by atoms with E-state index in [0.29, 0.717) is 23.1 Å². The molecule has 1 aromatic carbocycles. The topological polar surface area (TPSA) is 34.1 Å². The Kier molecular flexibility index (Phi) is 5.65. The molecule has 15 heavy (non-hydrogen) atoms. The predicted molar refractivity (Wildman–Crippen MR) is 66.6 cm³/mol. The van der Waals surface area contributed by atoms with Gasteiger partial charge in [0.05, 0.1) is 5.33 Å². The van der Waals surface area contributed by atoms with E-state index in [1.54, 1.807) is 12.1 Å². The van der Waals surface area contributed by atoms with Crippen molar-refractivity contribution >= 4 is 38.6 Å². The van der Waals surface area contributed by atoms with Gasteiger partial charge in [0.1, 0.15) is 5.78 Å². The van der Waals surface area contributed by atoms with Crippen LogP contribution >= 0.6 is 27.7 Å². The van der Waals surface area contributed by atoms with E-state index in [2.05, 4.69) is 15.9 Å². The van der Waals surface area contributed by atoms with Gasteiger partial charge in [0.15, 0.2) is 0 Å². The first-order valence-corrected chi connectivity index (χ1v) is 6.64. The molecule has 0 heterocycles. The summed E-state index contributed by atoms with van der Waals surface area (Å²) >= 11 is 4.28. The Morgan fingerprint density at radius 2 is 1.87 bits per heavy atom. The van der Waals surface area contributed by atoms with Gasteiger partial charge in [0.2, 0.25) is 5.12 Å². The predicted octanol–water partition coefficient (Wildman–Crippen LogP) is 2.91. The normalized spacial score (nSPS) is 9.93. The summed E-state index contributed by atoms with van der Waals surface area (Å²) in [6, 6.07) is 9.09. The first-order valence-electron chi connectivity index (χ1n) is 4.54. The van der Waals surface area contributed by atoms with Gasteiger partial charge in [-0.3, -0.25) is 9.59 Å². The summed E-state index contributed by atoms with van der Waals surface area (Å²) in [5.41, 5.74) is 0.689. The fourth-order valence-electron chi connectivity index (χ4n) is 0.982. The highest BCUT2D eigenvalue weighted by molar-refractivity contribution is 9.09. The minimum Gasteiger partial charge on any atom is -0.299 e. The maximum absolute atomic E-state index is 11.6. The summed E-state index contributed by atoms with van der Waals surface area (Å²) in [6.07, 6.45) is 0.439. The van der Waals surface area contributed by atoms with Crippen molar-refractivity contribution < 1.29 is 9.59 Å². The van der Waals surface area contributed by atoms with Gasteiger partial charge in [-0.15, -0.1) is 0 Å². The summed E-state index contributed by atoms with van der Waals surface area (Å²) in [6.45, 7) is 0. The molecular formula is C11H11BrO2S. The number of thioether (sulfide) groups is 1. The van der Waals surface area contributed by atoms with Crippen LogP contribution in [0, 0.1) is 0 Å². The fraction of sp³-hybridized carbons (Fsp3) is 0.273. The average Bonchev–Trinajstić information content (AvgIpc) is 2.29. The third-order valence-corrected chi connectivity index (χ3v) is 3.30. The number of carbonyl (C=O) groups is 2. The first-order chi connectivity index (χ1) is 7.24. The van der Waals surface area contributed by atoms with Crippen LogP contribution < -0.4 is 0 Å². The van der Waals surface area contributed by atoms with Gasteiger partial charge in [-0.1, -0.05) is 58.0 Å². The molecule has 1 rings (SSSR count). The standard InChI is InChI=1S/C11H11BrO2S/c12-8-10(13)6-7-15-11(14)9-4-2-1-3-5-9/h1-5H,6-8H2. The van der Waals surface area contributed by atoms with Crippen molar-refractivity contribution in [2.45, 2.75) is 6.42 Å².